The quantitative estimate of drug-likeness (QED) is 0.744. The first kappa shape index (κ1) is 15.2. The van der Waals surface area contributed by atoms with E-state index in [0.29, 0.717) is 5.92 Å². The summed E-state index contributed by atoms with van der Waals surface area (Å²) in [5, 5.41) is 19.4. The Bertz CT molecular complexity index is 313. The monoisotopic (exact) mass is 250 g/mol. The molecule has 1 aromatic carbocycles. The van der Waals surface area contributed by atoms with Crippen LogP contribution in [-0.2, 0) is 6.42 Å². The molecule has 0 aliphatic rings. The zero-order valence-electron chi connectivity index (χ0n) is 11.6. The Kier molecular flexibility index (Phi) is 6.37. The lowest BCUT2D eigenvalue weighted by Gasteiger charge is -2.33. The molecule has 2 heteroatoms. The number of aliphatic hydroxyl groups excluding tert-OH is 2. The van der Waals surface area contributed by atoms with Gasteiger partial charge >= 0.3 is 0 Å². The van der Waals surface area contributed by atoms with Gasteiger partial charge in [-0.05, 0) is 24.3 Å². The summed E-state index contributed by atoms with van der Waals surface area (Å²) in [5.74, 6) is 0.577. The van der Waals surface area contributed by atoms with Crippen molar-refractivity contribution >= 4 is 0 Å². The normalized spacial score (nSPS) is 12.1. The minimum absolute atomic E-state index is 0.0505. The fraction of sp³-hybridized carbons (Fsp3) is 0.625. The van der Waals surface area contributed by atoms with Crippen molar-refractivity contribution in [2.45, 2.75) is 39.5 Å². The zero-order valence-corrected chi connectivity index (χ0v) is 11.6. The molecule has 0 atom stereocenters. The molecule has 18 heavy (non-hydrogen) atoms. The molecule has 0 aliphatic heterocycles. The summed E-state index contributed by atoms with van der Waals surface area (Å²) in [4.78, 5) is 0. The first-order valence-corrected chi connectivity index (χ1v) is 6.95. The van der Waals surface area contributed by atoms with E-state index in [4.69, 9.17) is 0 Å². The number of rotatable bonds is 8. The molecule has 0 aliphatic carbocycles. The highest BCUT2D eigenvalue weighted by atomic mass is 16.3. The van der Waals surface area contributed by atoms with E-state index in [2.05, 4.69) is 26.0 Å². The third-order valence-electron chi connectivity index (χ3n) is 3.97. The van der Waals surface area contributed by atoms with Gasteiger partial charge in [-0.2, -0.15) is 0 Å². The van der Waals surface area contributed by atoms with Crippen LogP contribution in [0.4, 0.5) is 0 Å². The summed E-state index contributed by atoms with van der Waals surface area (Å²) < 4.78 is 0. The summed E-state index contributed by atoms with van der Waals surface area (Å²) >= 11 is 0. The van der Waals surface area contributed by atoms with E-state index >= 15 is 0 Å². The van der Waals surface area contributed by atoms with Crippen LogP contribution in [0.5, 0.6) is 0 Å². The molecule has 0 saturated carbocycles. The molecule has 2 N–H and O–H groups in total. The van der Waals surface area contributed by atoms with Crippen molar-refractivity contribution in [3.63, 3.8) is 0 Å². The minimum atomic E-state index is -0.377. The van der Waals surface area contributed by atoms with Gasteiger partial charge in [0.25, 0.3) is 0 Å². The molecule has 0 saturated heterocycles. The molecule has 1 rings (SSSR count). The van der Waals surface area contributed by atoms with Gasteiger partial charge in [-0.1, -0.05) is 57.0 Å². The Morgan fingerprint density at radius 3 is 2.00 bits per heavy atom. The lowest BCUT2D eigenvalue weighted by molar-refractivity contribution is 0.0319. The van der Waals surface area contributed by atoms with Gasteiger partial charge in [0, 0.05) is 5.41 Å². The smallest absolute Gasteiger partial charge is 0.0512 e. The summed E-state index contributed by atoms with van der Waals surface area (Å²) in [6, 6.07) is 10.1. The molecule has 0 radical (unpaired) electrons. The van der Waals surface area contributed by atoms with E-state index in [1.807, 2.05) is 18.2 Å². The minimum Gasteiger partial charge on any atom is -0.396 e. The van der Waals surface area contributed by atoms with Crippen molar-refractivity contribution in [1.82, 2.24) is 0 Å². The van der Waals surface area contributed by atoms with Crippen molar-refractivity contribution < 1.29 is 10.2 Å². The molecule has 0 amide bonds. The van der Waals surface area contributed by atoms with Gasteiger partial charge in [-0.15, -0.1) is 0 Å². The van der Waals surface area contributed by atoms with Crippen LogP contribution in [-0.4, -0.2) is 23.4 Å². The third kappa shape index (κ3) is 4.11. The highest BCUT2D eigenvalue weighted by Crippen LogP contribution is 2.32. The molecule has 2 nitrogen and oxygen atoms in total. The Morgan fingerprint density at radius 1 is 1.00 bits per heavy atom. The number of hydrogen-bond donors (Lipinski definition) is 2. The van der Waals surface area contributed by atoms with Crippen LogP contribution >= 0.6 is 0 Å². The van der Waals surface area contributed by atoms with E-state index in [-0.39, 0.29) is 18.6 Å². The van der Waals surface area contributed by atoms with Gasteiger partial charge in [0.05, 0.1) is 13.2 Å². The van der Waals surface area contributed by atoms with E-state index in [9.17, 15) is 10.2 Å². The molecule has 0 fully saturated rings. The summed E-state index contributed by atoms with van der Waals surface area (Å²) in [6.45, 7) is 4.45. The predicted molar refractivity (Wildman–Crippen MR) is 75.4 cm³/mol. The first-order valence-electron chi connectivity index (χ1n) is 6.95. The highest BCUT2D eigenvalue weighted by Gasteiger charge is 2.31. The second-order valence-corrected chi connectivity index (χ2v) is 5.37. The second-order valence-electron chi connectivity index (χ2n) is 5.37. The van der Waals surface area contributed by atoms with Crippen LogP contribution in [0.1, 0.15) is 38.7 Å². The predicted octanol–water partition coefficient (Wildman–Crippen LogP) is 3.03. The molecular formula is C16H26O2. The first-order chi connectivity index (χ1) is 8.69. The Balaban J connectivity index is 2.79. The maximum Gasteiger partial charge on any atom is 0.0512 e. The van der Waals surface area contributed by atoms with E-state index in [0.717, 1.165) is 25.7 Å². The molecule has 0 spiro atoms. The van der Waals surface area contributed by atoms with Gasteiger partial charge < -0.3 is 10.2 Å². The average Bonchev–Trinajstić information content (AvgIpc) is 2.44. The van der Waals surface area contributed by atoms with Crippen LogP contribution in [0, 0.1) is 11.3 Å². The Morgan fingerprint density at radius 2 is 1.56 bits per heavy atom. The maximum atomic E-state index is 9.72. The van der Waals surface area contributed by atoms with Crippen LogP contribution < -0.4 is 0 Å². The van der Waals surface area contributed by atoms with Crippen LogP contribution in [0.25, 0.3) is 0 Å². The summed E-state index contributed by atoms with van der Waals surface area (Å²) in [6.07, 6.45) is 3.85. The Hall–Kier alpha value is -0.860. The van der Waals surface area contributed by atoms with Crippen LogP contribution in [0.15, 0.2) is 30.3 Å². The fourth-order valence-corrected chi connectivity index (χ4v) is 2.58. The molecular weight excluding hydrogens is 224 g/mol. The second kappa shape index (κ2) is 7.55. The molecule has 0 aromatic heterocycles. The molecule has 0 heterocycles. The van der Waals surface area contributed by atoms with Crippen LogP contribution in [0.3, 0.4) is 0 Å². The fourth-order valence-electron chi connectivity index (χ4n) is 2.58. The number of benzene rings is 1. The topological polar surface area (TPSA) is 40.5 Å². The van der Waals surface area contributed by atoms with Crippen molar-refractivity contribution in [3.05, 3.63) is 35.9 Å². The third-order valence-corrected chi connectivity index (χ3v) is 3.97. The molecule has 0 unspecified atom stereocenters. The SMILES string of the molecule is CCC(CC)CC(CO)(CO)Cc1ccccc1. The van der Waals surface area contributed by atoms with E-state index in [1.54, 1.807) is 0 Å². The van der Waals surface area contributed by atoms with Crippen molar-refractivity contribution in [2.24, 2.45) is 11.3 Å². The van der Waals surface area contributed by atoms with Gasteiger partial charge in [0.2, 0.25) is 0 Å². The van der Waals surface area contributed by atoms with Gasteiger partial charge in [-0.3, -0.25) is 0 Å². The molecule has 0 bridgehead atoms. The molecule has 1 aromatic rings. The summed E-state index contributed by atoms with van der Waals surface area (Å²) in [7, 11) is 0. The van der Waals surface area contributed by atoms with Gasteiger partial charge in [0.15, 0.2) is 0 Å². The summed E-state index contributed by atoms with van der Waals surface area (Å²) in [5.41, 5.74) is 0.810. The maximum absolute atomic E-state index is 9.72. The van der Waals surface area contributed by atoms with Crippen molar-refractivity contribution in [3.8, 4) is 0 Å². The largest absolute Gasteiger partial charge is 0.396 e. The number of hydrogen-bond acceptors (Lipinski definition) is 2. The molecule has 102 valence electrons. The lowest BCUT2D eigenvalue weighted by atomic mass is 9.74. The van der Waals surface area contributed by atoms with Gasteiger partial charge in [0.1, 0.15) is 0 Å². The Labute approximate surface area is 111 Å². The van der Waals surface area contributed by atoms with Crippen LogP contribution in [0.2, 0.25) is 0 Å². The number of aliphatic hydroxyl groups is 2. The van der Waals surface area contributed by atoms with E-state index in [1.165, 1.54) is 5.56 Å². The highest BCUT2D eigenvalue weighted by molar-refractivity contribution is 5.16. The zero-order chi connectivity index (χ0) is 13.4. The standard InChI is InChI=1S/C16H26O2/c1-3-14(4-2)10-16(12-17,13-18)11-15-8-6-5-7-9-15/h5-9,14,17-18H,3-4,10-13H2,1-2H3. The lowest BCUT2D eigenvalue weighted by Crippen LogP contribution is -2.34. The average molecular weight is 250 g/mol. The van der Waals surface area contributed by atoms with Crippen molar-refractivity contribution in [2.75, 3.05) is 13.2 Å². The van der Waals surface area contributed by atoms with Gasteiger partial charge in [-0.25, -0.2) is 0 Å². The van der Waals surface area contributed by atoms with E-state index < -0.39 is 0 Å². The van der Waals surface area contributed by atoms with Crippen molar-refractivity contribution in [1.29, 1.82) is 0 Å².